The van der Waals surface area contributed by atoms with Crippen LogP contribution in [0.4, 0.5) is 14.9 Å². The molecule has 6 heterocycles. The molecule has 0 spiro atoms. The molecule has 0 saturated carbocycles. The number of amides is 4. The van der Waals surface area contributed by atoms with Gasteiger partial charge in [-0.15, -0.1) is 0 Å². The number of allylic oxidation sites excluding steroid dienone is 1. The summed E-state index contributed by atoms with van der Waals surface area (Å²) in [6.45, 7) is 8.45. The smallest absolute Gasteiger partial charge is 0.328 e. The molecule has 1 atom stereocenters. The Balaban J connectivity index is 0.840. The molecule has 2 aromatic carbocycles. The van der Waals surface area contributed by atoms with Crippen molar-refractivity contribution in [2.75, 3.05) is 57.3 Å². The molecule has 4 aliphatic heterocycles. The highest BCUT2D eigenvalue weighted by Crippen LogP contribution is 2.36. The summed E-state index contributed by atoms with van der Waals surface area (Å²) >= 11 is 0. The molecule has 0 aliphatic carbocycles. The third kappa shape index (κ3) is 8.74. The van der Waals surface area contributed by atoms with Crippen LogP contribution in [-0.2, 0) is 4.79 Å². The number of phenolic OH excluding ortho intramolecular Hbond substituents is 1. The van der Waals surface area contributed by atoms with Gasteiger partial charge in [-0.2, -0.15) is 0 Å². The van der Waals surface area contributed by atoms with Crippen molar-refractivity contribution in [3.63, 3.8) is 0 Å². The summed E-state index contributed by atoms with van der Waals surface area (Å²) in [6, 6.07) is 14.5. The number of nitrogens with zero attached hydrogens (tertiary/aromatic N) is 6. The molecule has 4 saturated heterocycles. The molecule has 4 aromatic rings. The molecule has 14 nitrogen and oxygen atoms in total. The molecule has 8 rings (SSSR count). The van der Waals surface area contributed by atoms with Gasteiger partial charge < -0.3 is 41.6 Å². The van der Waals surface area contributed by atoms with Crippen LogP contribution in [0.1, 0.15) is 89.5 Å². The number of likely N-dealkylation sites (tertiary alicyclic amines) is 3. The van der Waals surface area contributed by atoms with E-state index in [0.717, 1.165) is 73.0 Å². The summed E-state index contributed by atoms with van der Waals surface area (Å²) in [5.74, 6) is 0.0715. The lowest BCUT2D eigenvalue weighted by Crippen LogP contribution is -2.51. The van der Waals surface area contributed by atoms with Gasteiger partial charge in [-0.25, -0.2) is 14.2 Å². The molecule has 0 bridgehead atoms. The number of aryl methyl sites for hydroxylation is 2. The number of nitrogens with two attached hydrogens (primary N) is 3. The molecule has 61 heavy (non-hydrogen) atoms. The molecular weight excluding hydrogens is 776 g/mol. The van der Waals surface area contributed by atoms with Crippen molar-refractivity contribution in [2.45, 2.75) is 76.4 Å². The topological polar surface area (TPSA) is 192 Å². The SMILES string of the molecule is Cc1cc(C(=O)N2CCC(F)(CN3CCC(n4cc(C)c5cc(N6CCC(=O)NC6=O)cnc54)CC3)CC2)ccc1C1CCCN(C(/C=C(\N)c2ccccc2O)=C(N)N)C1. The Morgan fingerprint density at radius 2 is 1.70 bits per heavy atom. The van der Waals surface area contributed by atoms with Gasteiger partial charge >= 0.3 is 6.03 Å². The summed E-state index contributed by atoms with van der Waals surface area (Å²) in [5, 5.41) is 13.7. The van der Waals surface area contributed by atoms with E-state index in [-0.39, 0.29) is 41.8 Å². The molecule has 15 heteroatoms. The van der Waals surface area contributed by atoms with Crippen molar-refractivity contribution in [2.24, 2.45) is 17.2 Å². The number of hydrogen-bond donors (Lipinski definition) is 5. The summed E-state index contributed by atoms with van der Waals surface area (Å²) in [4.78, 5) is 50.3. The van der Waals surface area contributed by atoms with E-state index in [1.807, 2.05) is 32.0 Å². The second-order valence-electron chi connectivity index (χ2n) is 17.3. The zero-order valence-corrected chi connectivity index (χ0v) is 35.1. The number of rotatable bonds is 9. The van der Waals surface area contributed by atoms with Crippen LogP contribution in [0.3, 0.4) is 0 Å². The fourth-order valence-electron chi connectivity index (χ4n) is 9.74. The zero-order valence-electron chi connectivity index (χ0n) is 35.1. The molecule has 4 amide bonds. The maximum Gasteiger partial charge on any atom is 0.328 e. The van der Waals surface area contributed by atoms with Gasteiger partial charge in [0.1, 0.15) is 22.9 Å². The summed E-state index contributed by atoms with van der Waals surface area (Å²) in [7, 11) is 0. The number of para-hydroxylation sites is 1. The van der Waals surface area contributed by atoms with Gasteiger partial charge in [0.05, 0.1) is 17.6 Å². The van der Waals surface area contributed by atoms with E-state index in [0.29, 0.717) is 73.8 Å². The van der Waals surface area contributed by atoms with E-state index in [1.54, 1.807) is 46.3 Å². The number of anilines is 1. The largest absolute Gasteiger partial charge is 0.507 e. The Morgan fingerprint density at radius 3 is 2.41 bits per heavy atom. The first kappa shape index (κ1) is 41.6. The normalized spacial score (nSPS) is 20.5. The number of imide groups is 1. The van der Waals surface area contributed by atoms with Gasteiger partial charge in [-0.3, -0.25) is 19.8 Å². The third-order valence-electron chi connectivity index (χ3n) is 13.1. The van der Waals surface area contributed by atoms with E-state index in [2.05, 4.69) is 31.9 Å². The average Bonchev–Trinajstić information content (AvgIpc) is 3.58. The Bertz CT molecular complexity index is 2390. The molecule has 322 valence electrons. The lowest BCUT2D eigenvalue weighted by atomic mass is 9.86. The molecule has 4 aliphatic rings. The van der Waals surface area contributed by atoms with Crippen LogP contribution < -0.4 is 27.4 Å². The van der Waals surface area contributed by atoms with E-state index in [4.69, 9.17) is 22.2 Å². The van der Waals surface area contributed by atoms with Crippen LogP contribution in [0.25, 0.3) is 16.7 Å². The quantitative estimate of drug-likeness (QED) is 0.137. The summed E-state index contributed by atoms with van der Waals surface area (Å²) < 4.78 is 18.6. The Hall–Kier alpha value is -6.09. The number of urea groups is 1. The van der Waals surface area contributed by atoms with E-state index < -0.39 is 11.7 Å². The van der Waals surface area contributed by atoms with Gasteiger partial charge in [0, 0.05) is 112 Å². The average molecular weight is 833 g/mol. The number of aromatic nitrogens is 2. The van der Waals surface area contributed by atoms with Gasteiger partial charge in [-0.1, -0.05) is 18.2 Å². The Kier molecular flexibility index (Phi) is 11.7. The minimum atomic E-state index is -1.36. The minimum absolute atomic E-state index is 0.0713. The maximum atomic E-state index is 16.4. The first-order valence-electron chi connectivity index (χ1n) is 21.4. The molecular formula is C46H57FN10O4. The van der Waals surface area contributed by atoms with E-state index >= 15 is 4.39 Å². The Labute approximate surface area is 355 Å². The van der Waals surface area contributed by atoms with Gasteiger partial charge in [0.2, 0.25) is 5.91 Å². The summed E-state index contributed by atoms with van der Waals surface area (Å²) in [5.41, 5.74) is 24.2. The van der Waals surface area contributed by atoms with Gasteiger partial charge in [-0.05, 0) is 92.6 Å². The number of fused-ring (bicyclic) bond motifs is 1. The number of benzene rings is 2. The van der Waals surface area contributed by atoms with Gasteiger partial charge in [0.25, 0.3) is 5.91 Å². The maximum absolute atomic E-state index is 16.4. The number of pyridine rings is 1. The highest BCUT2D eigenvalue weighted by Gasteiger charge is 2.39. The predicted octanol–water partition coefficient (Wildman–Crippen LogP) is 5.35. The van der Waals surface area contributed by atoms with Crippen LogP contribution in [0.5, 0.6) is 5.75 Å². The van der Waals surface area contributed by atoms with Crippen LogP contribution >= 0.6 is 0 Å². The van der Waals surface area contributed by atoms with Crippen LogP contribution in [0, 0.1) is 13.8 Å². The molecule has 1 unspecified atom stereocenters. The zero-order chi connectivity index (χ0) is 43.0. The monoisotopic (exact) mass is 832 g/mol. The van der Waals surface area contributed by atoms with Crippen LogP contribution in [-0.4, -0.2) is 105 Å². The molecule has 0 radical (unpaired) electrons. The third-order valence-corrected chi connectivity index (χ3v) is 13.1. The number of halogens is 1. The van der Waals surface area contributed by atoms with Crippen molar-refractivity contribution >= 4 is 40.3 Å². The fourth-order valence-corrected chi connectivity index (χ4v) is 9.74. The number of aromatic hydroxyl groups is 1. The van der Waals surface area contributed by atoms with Crippen molar-refractivity contribution in [3.05, 3.63) is 106 Å². The lowest BCUT2D eigenvalue weighted by Gasteiger charge is -2.41. The van der Waals surface area contributed by atoms with Crippen LogP contribution in [0.2, 0.25) is 0 Å². The van der Waals surface area contributed by atoms with Crippen molar-refractivity contribution in [3.8, 4) is 5.75 Å². The number of hydrogen-bond acceptors (Lipinski definition) is 10. The lowest BCUT2D eigenvalue weighted by molar-refractivity contribution is -0.120. The number of carbonyl (C=O) groups is 3. The second-order valence-corrected chi connectivity index (χ2v) is 17.3. The van der Waals surface area contributed by atoms with E-state index in [1.165, 1.54) is 0 Å². The molecule has 2 aromatic heterocycles. The number of carbonyl (C=O) groups excluding carboxylic acids is 3. The minimum Gasteiger partial charge on any atom is -0.507 e. The molecule has 4 fully saturated rings. The predicted molar refractivity (Wildman–Crippen MR) is 234 cm³/mol. The summed E-state index contributed by atoms with van der Waals surface area (Å²) in [6.07, 6.45) is 10.0. The first-order valence-corrected chi connectivity index (χ1v) is 21.4. The first-order chi connectivity index (χ1) is 29.3. The van der Waals surface area contributed by atoms with Crippen molar-refractivity contribution < 1.29 is 23.9 Å². The highest BCUT2D eigenvalue weighted by molar-refractivity contribution is 6.06. The second kappa shape index (κ2) is 17.1. The number of piperidine rings is 3. The van der Waals surface area contributed by atoms with Crippen molar-refractivity contribution in [1.29, 1.82) is 0 Å². The number of phenols is 1. The molecule has 8 N–H and O–H groups in total. The van der Waals surface area contributed by atoms with Crippen LogP contribution in [0.15, 0.2) is 78.5 Å². The Morgan fingerprint density at radius 1 is 0.951 bits per heavy atom. The number of nitrogens with one attached hydrogen (secondary N) is 1. The highest BCUT2D eigenvalue weighted by atomic mass is 19.1. The van der Waals surface area contributed by atoms with Crippen molar-refractivity contribution in [1.82, 2.24) is 29.6 Å². The fraction of sp³-hybridized carbons (Fsp3) is 0.435. The van der Waals surface area contributed by atoms with E-state index in [9.17, 15) is 19.5 Å². The standard InChI is InChI=1S/C46H57FN10O4/c1-29-22-31(9-10-35(29)32-6-5-16-55(27-32)39(42(49)50)24-38(48)36-7-3-4-8-40(36)58)44(60)54-20-14-46(47,15-21-54)28-53-17-11-33(12-18-53)57-26-30(2)37-23-34(25-51-43(37)57)56-19-13-41(59)52-45(56)61/h3-4,7-10,22-26,32-33,58H,5-6,11-21,27-28,48-50H2,1-2H3,(H,52,59,61)/b38-24-. The van der Waals surface area contributed by atoms with Gasteiger partial charge in [0.15, 0.2) is 0 Å². The number of alkyl halides is 1.